The molecule has 22 heavy (non-hydrogen) atoms. The zero-order valence-corrected chi connectivity index (χ0v) is 12.7. The quantitative estimate of drug-likeness (QED) is 0.710. The molecule has 112 valence electrons. The van der Waals surface area contributed by atoms with Gasteiger partial charge in [-0.25, -0.2) is 9.78 Å². The van der Waals surface area contributed by atoms with Crippen LogP contribution in [0.3, 0.4) is 0 Å². The lowest BCUT2D eigenvalue weighted by Gasteiger charge is -2.08. The summed E-state index contributed by atoms with van der Waals surface area (Å²) in [5.41, 5.74) is 0.0671. The van der Waals surface area contributed by atoms with E-state index < -0.39 is 11.2 Å². The summed E-state index contributed by atoms with van der Waals surface area (Å²) in [7, 11) is 1.42. The number of benzene rings is 1. The SMILES string of the molecule is CCn1c(=O)n(C)c(=O)c2nc(-c3ccc(Cl)cc3)nnc21. The molecule has 0 amide bonds. The highest BCUT2D eigenvalue weighted by atomic mass is 35.5. The molecule has 0 radical (unpaired) electrons. The second-order valence-electron chi connectivity index (χ2n) is 4.71. The smallest absolute Gasteiger partial charge is 0.275 e. The van der Waals surface area contributed by atoms with E-state index in [4.69, 9.17) is 11.6 Å². The molecule has 0 aliphatic rings. The third-order valence-electron chi connectivity index (χ3n) is 3.37. The standard InChI is InChI=1S/C14H12ClN5O2/c1-3-20-12-10(13(21)19(2)14(20)22)16-11(17-18-12)8-4-6-9(15)7-5-8/h4-7H,3H2,1-2H3. The summed E-state index contributed by atoms with van der Waals surface area (Å²) in [5.74, 6) is 0.308. The van der Waals surface area contributed by atoms with Crippen LogP contribution in [0.25, 0.3) is 22.6 Å². The van der Waals surface area contributed by atoms with Gasteiger partial charge in [-0.2, -0.15) is 0 Å². The highest BCUT2D eigenvalue weighted by Crippen LogP contribution is 2.18. The maximum absolute atomic E-state index is 12.3. The Balaban J connectivity index is 2.33. The van der Waals surface area contributed by atoms with Crippen LogP contribution in [0.5, 0.6) is 0 Å². The molecule has 0 saturated carbocycles. The predicted molar refractivity (Wildman–Crippen MR) is 83.0 cm³/mol. The van der Waals surface area contributed by atoms with Gasteiger partial charge in [-0.3, -0.25) is 13.9 Å². The molecule has 2 heterocycles. The molecule has 0 saturated heterocycles. The zero-order valence-electron chi connectivity index (χ0n) is 11.9. The molecule has 0 N–H and O–H groups in total. The fourth-order valence-corrected chi connectivity index (χ4v) is 2.30. The minimum atomic E-state index is -0.491. The normalized spacial score (nSPS) is 11.0. The number of halogens is 1. The second-order valence-corrected chi connectivity index (χ2v) is 5.14. The van der Waals surface area contributed by atoms with Gasteiger partial charge in [0.1, 0.15) is 0 Å². The minimum absolute atomic E-state index is 0.115. The molecule has 8 heteroatoms. The van der Waals surface area contributed by atoms with E-state index in [1.807, 2.05) is 0 Å². The van der Waals surface area contributed by atoms with E-state index in [9.17, 15) is 9.59 Å². The van der Waals surface area contributed by atoms with Crippen molar-refractivity contribution in [2.24, 2.45) is 7.05 Å². The Labute approximate surface area is 129 Å². The topological polar surface area (TPSA) is 82.7 Å². The van der Waals surface area contributed by atoms with Crippen LogP contribution in [0.15, 0.2) is 33.9 Å². The van der Waals surface area contributed by atoms with Crippen LogP contribution >= 0.6 is 11.6 Å². The van der Waals surface area contributed by atoms with E-state index in [-0.39, 0.29) is 11.2 Å². The van der Waals surface area contributed by atoms with Crippen molar-refractivity contribution in [2.45, 2.75) is 13.5 Å². The first-order valence-corrected chi connectivity index (χ1v) is 7.01. The van der Waals surface area contributed by atoms with E-state index in [0.717, 1.165) is 4.57 Å². The van der Waals surface area contributed by atoms with Crippen LogP contribution < -0.4 is 11.2 Å². The summed E-state index contributed by atoms with van der Waals surface area (Å²) in [6, 6.07) is 6.89. The third-order valence-corrected chi connectivity index (χ3v) is 3.62. The van der Waals surface area contributed by atoms with Gasteiger partial charge in [0.15, 0.2) is 17.0 Å². The summed E-state index contributed by atoms with van der Waals surface area (Å²) in [4.78, 5) is 28.6. The minimum Gasteiger partial charge on any atom is -0.275 e. The first kappa shape index (κ1) is 14.4. The van der Waals surface area contributed by atoms with E-state index >= 15 is 0 Å². The monoisotopic (exact) mass is 317 g/mol. The van der Waals surface area contributed by atoms with Crippen LogP contribution in [0, 0.1) is 0 Å². The number of rotatable bonds is 2. The van der Waals surface area contributed by atoms with Crippen molar-refractivity contribution >= 4 is 22.8 Å². The first-order valence-electron chi connectivity index (χ1n) is 6.63. The van der Waals surface area contributed by atoms with Gasteiger partial charge >= 0.3 is 5.69 Å². The Morgan fingerprint density at radius 2 is 1.82 bits per heavy atom. The Kier molecular flexibility index (Phi) is 3.50. The summed E-state index contributed by atoms with van der Waals surface area (Å²) in [6.45, 7) is 2.17. The van der Waals surface area contributed by atoms with Crippen molar-refractivity contribution in [3.8, 4) is 11.4 Å². The molecule has 0 spiro atoms. The van der Waals surface area contributed by atoms with Crippen molar-refractivity contribution in [1.29, 1.82) is 0 Å². The average Bonchev–Trinajstić information content (AvgIpc) is 2.54. The van der Waals surface area contributed by atoms with Crippen LogP contribution in [0.4, 0.5) is 0 Å². The molecule has 1 aromatic carbocycles. The van der Waals surface area contributed by atoms with Crippen molar-refractivity contribution in [3.05, 3.63) is 50.1 Å². The van der Waals surface area contributed by atoms with Gasteiger partial charge in [0.2, 0.25) is 0 Å². The number of aryl methyl sites for hydroxylation is 1. The second kappa shape index (κ2) is 5.34. The average molecular weight is 318 g/mol. The molecule has 0 aliphatic heterocycles. The molecule has 3 rings (SSSR count). The van der Waals surface area contributed by atoms with Crippen molar-refractivity contribution < 1.29 is 0 Å². The lowest BCUT2D eigenvalue weighted by Crippen LogP contribution is -2.38. The number of aromatic nitrogens is 5. The molecule has 0 atom stereocenters. The molecular weight excluding hydrogens is 306 g/mol. The maximum Gasteiger partial charge on any atom is 0.332 e. The van der Waals surface area contributed by atoms with Gasteiger partial charge in [-0.05, 0) is 31.2 Å². The Hall–Kier alpha value is -2.54. The number of hydrogen-bond acceptors (Lipinski definition) is 5. The molecule has 0 fully saturated rings. The van der Waals surface area contributed by atoms with E-state index in [1.165, 1.54) is 11.6 Å². The zero-order chi connectivity index (χ0) is 15.9. The third kappa shape index (κ3) is 2.19. The van der Waals surface area contributed by atoms with Crippen molar-refractivity contribution in [2.75, 3.05) is 0 Å². The molecule has 3 aromatic rings. The number of hydrogen-bond donors (Lipinski definition) is 0. The number of fused-ring (bicyclic) bond motifs is 1. The highest BCUT2D eigenvalue weighted by Gasteiger charge is 2.14. The fourth-order valence-electron chi connectivity index (χ4n) is 2.17. The first-order chi connectivity index (χ1) is 10.5. The summed E-state index contributed by atoms with van der Waals surface area (Å²) in [5, 5.41) is 8.62. The largest absolute Gasteiger partial charge is 0.332 e. The molecule has 0 unspecified atom stereocenters. The lowest BCUT2D eigenvalue weighted by atomic mass is 10.2. The van der Waals surface area contributed by atoms with Gasteiger partial charge in [-0.1, -0.05) is 11.6 Å². The van der Waals surface area contributed by atoms with Gasteiger partial charge in [0.05, 0.1) is 0 Å². The predicted octanol–water partition coefficient (Wildman–Crippen LogP) is 1.23. The maximum atomic E-state index is 12.3. The fraction of sp³-hybridized carbons (Fsp3) is 0.214. The Bertz CT molecular complexity index is 975. The van der Waals surface area contributed by atoms with Crippen LogP contribution in [0.2, 0.25) is 5.02 Å². The van der Waals surface area contributed by atoms with Crippen molar-refractivity contribution in [1.82, 2.24) is 24.3 Å². The number of nitrogens with zero attached hydrogens (tertiary/aromatic N) is 5. The Morgan fingerprint density at radius 3 is 2.45 bits per heavy atom. The van der Waals surface area contributed by atoms with Crippen LogP contribution in [0.1, 0.15) is 6.92 Å². The van der Waals surface area contributed by atoms with Crippen LogP contribution in [-0.2, 0) is 13.6 Å². The molecule has 0 bridgehead atoms. The van der Waals surface area contributed by atoms with Gasteiger partial charge in [-0.15, -0.1) is 10.2 Å². The lowest BCUT2D eigenvalue weighted by molar-refractivity contribution is 0.644. The summed E-state index contributed by atoms with van der Waals surface area (Å²) >= 11 is 5.85. The van der Waals surface area contributed by atoms with Crippen LogP contribution in [-0.4, -0.2) is 24.3 Å². The van der Waals surface area contributed by atoms with Gasteiger partial charge < -0.3 is 0 Å². The Morgan fingerprint density at radius 1 is 1.14 bits per heavy atom. The van der Waals surface area contributed by atoms with Gasteiger partial charge in [0, 0.05) is 24.2 Å². The highest BCUT2D eigenvalue weighted by molar-refractivity contribution is 6.30. The van der Waals surface area contributed by atoms with E-state index in [1.54, 1.807) is 31.2 Å². The summed E-state index contributed by atoms with van der Waals surface area (Å²) < 4.78 is 2.38. The summed E-state index contributed by atoms with van der Waals surface area (Å²) in [6.07, 6.45) is 0. The molecule has 7 nitrogen and oxygen atoms in total. The van der Waals surface area contributed by atoms with E-state index in [0.29, 0.717) is 23.0 Å². The van der Waals surface area contributed by atoms with E-state index in [2.05, 4.69) is 15.2 Å². The molecular formula is C14H12ClN5O2. The molecule has 0 aliphatic carbocycles. The van der Waals surface area contributed by atoms with Gasteiger partial charge in [0.25, 0.3) is 5.56 Å². The van der Waals surface area contributed by atoms with Crippen molar-refractivity contribution in [3.63, 3.8) is 0 Å². The molecule has 2 aromatic heterocycles.